The first-order valence-electron chi connectivity index (χ1n) is 13.9. The minimum atomic E-state index is -1.04. The Balaban J connectivity index is 1.51. The van der Waals surface area contributed by atoms with Crippen LogP contribution in [0.25, 0.3) is 0 Å². The zero-order valence-corrected chi connectivity index (χ0v) is 23.7. The third-order valence-electron chi connectivity index (χ3n) is 7.64. The summed E-state index contributed by atoms with van der Waals surface area (Å²) < 4.78 is 22.1. The molecule has 2 aliphatic rings. The second-order valence-corrected chi connectivity index (χ2v) is 11.6. The van der Waals surface area contributed by atoms with Crippen LogP contribution in [0.4, 0.5) is 15.8 Å². The standard InChI is InChI=1S/C34H31FN4O3/c1-21-8-7-11-26(37-21)33(41)39-29-14-15-36-19-28(29)38-27-17-34(2,3)18-30(40)31(27)32(39)24-13-12-23(16-25(24)35)42-20-22-9-5-4-6-10-22/h4-16,19,32,38H,17-18,20H2,1-3H3. The molecule has 1 N–H and O–H groups in total. The van der Waals surface area contributed by atoms with Crippen molar-refractivity contribution in [2.45, 2.75) is 46.3 Å². The Morgan fingerprint density at radius 3 is 2.64 bits per heavy atom. The topological polar surface area (TPSA) is 84.4 Å². The van der Waals surface area contributed by atoms with Gasteiger partial charge in [0, 0.05) is 41.2 Å². The van der Waals surface area contributed by atoms with Crippen molar-refractivity contribution in [3.63, 3.8) is 0 Å². The van der Waals surface area contributed by atoms with Crippen LogP contribution in [0.15, 0.2) is 96.5 Å². The Kier molecular flexibility index (Phi) is 7.06. The summed E-state index contributed by atoms with van der Waals surface area (Å²) >= 11 is 0. The van der Waals surface area contributed by atoms with Gasteiger partial charge in [0.05, 0.1) is 23.6 Å². The van der Waals surface area contributed by atoms with Crippen molar-refractivity contribution in [1.29, 1.82) is 0 Å². The Morgan fingerprint density at radius 1 is 1.07 bits per heavy atom. The van der Waals surface area contributed by atoms with Gasteiger partial charge in [-0.2, -0.15) is 0 Å². The van der Waals surface area contributed by atoms with Crippen molar-refractivity contribution in [3.05, 3.63) is 125 Å². The second-order valence-electron chi connectivity index (χ2n) is 11.6. The maximum Gasteiger partial charge on any atom is 0.277 e. The number of nitrogens with zero attached hydrogens (tertiary/aromatic N) is 3. The van der Waals surface area contributed by atoms with Crippen molar-refractivity contribution in [2.75, 3.05) is 10.2 Å². The van der Waals surface area contributed by atoms with Gasteiger partial charge in [0.1, 0.15) is 23.9 Å². The first-order valence-corrected chi connectivity index (χ1v) is 13.9. The number of halogens is 1. The summed E-state index contributed by atoms with van der Waals surface area (Å²) in [6, 6.07) is 20.1. The Labute approximate surface area is 244 Å². The fourth-order valence-electron chi connectivity index (χ4n) is 5.75. The zero-order valence-electron chi connectivity index (χ0n) is 23.7. The van der Waals surface area contributed by atoms with Gasteiger partial charge in [-0.3, -0.25) is 19.5 Å². The van der Waals surface area contributed by atoms with E-state index < -0.39 is 17.8 Å². The number of benzene rings is 2. The number of Topliss-reactive ketones (excluding diaryl/α,β-unsaturated/α-hetero) is 1. The number of amides is 1. The van der Waals surface area contributed by atoms with E-state index in [0.29, 0.717) is 40.5 Å². The fraction of sp³-hybridized carbons (Fsp3) is 0.235. The molecule has 1 unspecified atom stereocenters. The summed E-state index contributed by atoms with van der Waals surface area (Å²) in [6.07, 6.45) is 4.01. The molecule has 8 heteroatoms. The largest absolute Gasteiger partial charge is 0.489 e. The maximum absolute atomic E-state index is 16.2. The van der Waals surface area contributed by atoms with Crippen LogP contribution in [0, 0.1) is 18.2 Å². The highest BCUT2D eigenvalue weighted by atomic mass is 19.1. The minimum Gasteiger partial charge on any atom is -0.489 e. The normalized spacial score (nSPS) is 17.6. The molecular weight excluding hydrogens is 531 g/mol. The number of ether oxygens (including phenoxy) is 1. The van der Waals surface area contributed by atoms with E-state index in [2.05, 4.69) is 15.3 Å². The summed E-state index contributed by atoms with van der Waals surface area (Å²) in [7, 11) is 0. The summed E-state index contributed by atoms with van der Waals surface area (Å²) in [6.45, 7) is 6.14. The lowest BCUT2D eigenvalue weighted by molar-refractivity contribution is -0.118. The Bertz CT molecular complexity index is 1720. The highest BCUT2D eigenvalue weighted by molar-refractivity contribution is 6.11. The molecular formula is C34H31FN4O3. The van der Waals surface area contributed by atoms with E-state index in [-0.39, 0.29) is 35.5 Å². The number of fused-ring (bicyclic) bond motifs is 1. The molecule has 0 radical (unpaired) electrons. The molecule has 42 heavy (non-hydrogen) atoms. The van der Waals surface area contributed by atoms with Gasteiger partial charge in [-0.05, 0) is 54.7 Å². The van der Waals surface area contributed by atoms with Gasteiger partial charge in [0.15, 0.2) is 5.78 Å². The van der Waals surface area contributed by atoms with Gasteiger partial charge in [0.25, 0.3) is 5.91 Å². The number of hydrogen-bond acceptors (Lipinski definition) is 6. The molecule has 0 fully saturated rings. The van der Waals surface area contributed by atoms with Gasteiger partial charge < -0.3 is 10.1 Å². The molecule has 2 aromatic carbocycles. The summed E-state index contributed by atoms with van der Waals surface area (Å²) in [4.78, 5) is 38.5. The maximum atomic E-state index is 16.2. The molecule has 2 aromatic heterocycles. The van der Waals surface area contributed by atoms with Crippen LogP contribution in [0.1, 0.15) is 60.0 Å². The molecule has 0 spiro atoms. The lowest BCUT2D eigenvalue weighted by Gasteiger charge is -2.37. The van der Waals surface area contributed by atoms with E-state index in [1.54, 1.807) is 55.7 Å². The van der Waals surface area contributed by atoms with E-state index in [9.17, 15) is 9.59 Å². The van der Waals surface area contributed by atoms with Crippen molar-refractivity contribution >= 4 is 23.1 Å². The van der Waals surface area contributed by atoms with Crippen LogP contribution in [0.3, 0.4) is 0 Å². The molecule has 6 rings (SSSR count). The number of carbonyl (C=O) groups is 2. The first-order chi connectivity index (χ1) is 20.2. The van der Waals surface area contributed by atoms with E-state index in [1.807, 2.05) is 44.2 Å². The predicted molar refractivity (Wildman–Crippen MR) is 159 cm³/mol. The SMILES string of the molecule is Cc1cccc(C(=O)N2c3ccncc3NC3=C(C(=O)CC(C)(C)C3)C2c2ccc(OCc3ccccc3)cc2F)n1. The van der Waals surface area contributed by atoms with Crippen LogP contribution < -0.4 is 15.0 Å². The summed E-state index contributed by atoms with van der Waals surface area (Å²) in [5.41, 5.74) is 3.75. The van der Waals surface area contributed by atoms with E-state index in [1.165, 1.54) is 11.0 Å². The van der Waals surface area contributed by atoms with Crippen molar-refractivity contribution in [2.24, 2.45) is 5.41 Å². The van der Waals surface area contributed by atoms with E-state index >= 15 is 4.39 Å². The zero-order chi connectivity index (χ0) is 29.4. The van der Waals surface area contributed by atoms with E-state index in [0.717, 1.165) is 5.56 Å². The molecule has 0 saturated heterocycles. The van der Waals surface area contributed by atoms with Gasteiger partial charge in [-0.15, -0.1) is 0 Å². The molecule has 1 aliphatic heterocycles. The number of allylic oxidation sites excluding steroid dienone is 1. The van der Waals surface area contributed by atoms with Gasteiger partial charge in [-0.1, -0.05) is 50.2 Å². The highest BCUT2D eigenvalue weighted by Crippen LogP contribution is 2.49. The third-order valence-corrected chi connectivity index (χ3v) is 7.64. The summed E-state index contributed by atoms with van der Waals surface area (Å²) in [5, 5.41) is 3.40. The molecule has 1 atom stereocenters. The van der Waals surface area contributed by atoms with Crippen LogP contribution in [0.5, 0.6) is 5.75 Å². The van der Waals surface area contributed by atoms with Crippen molar-refractivity contribution in [1.82, 2.24) is 9.97 Å². The van der Waals surface area contributed by atoms with E-state index in [4.69, 9.17) is 4.74 Å². The third kappa shape index (κ3) is 5.28. The molecule has 3 heterocycles. The number of aromatic nitrogens is 2. The van der Waals surface area contributed by atoms with Crippen LogP contribution in [0.2, 0.25) is 0 Å². The van der Waals surface area contributed by atoms with Gasteiger partial charge >= 0.3 is 0 Å². The molecule has 7 nitrogen and oxygen atoms in total. The smallest absolute Gasteiger partial charge is 0.277 e. The molecule has 4 aromatic rings. The molecule has 1 aliphatic carbocycles. The molecule has 1 amide bonds. The lowest BCUT2D eigenvalue weighted by atomic mass is 9.73. The number of hydrogen-bond donors (Lipinski definition) is 1. The van der Waals surface area contributed by atoms with Crippen molar-refractivity contribution in [3.8, 4) is 5.75 Å². The predicted octanol–water partition coefficient (Wildman–Crippen LogP) is 6.96. The van der Waals surface area contributed by atoms with Gasteiger partial charge in [-0.25, -0.2) is 9.37 Å². The average Bonchev–Trinajstić information content (AvgIpc) is 3.10. The number of ketones is 1. The fourth-order valence-corrected chi connectivity index (χ4v) is 5.75. The second kappa shape index (κ2) is 10.9. The van der Waals surface area contributed by atoms with Crippen LogP contribution >= 0.6 is 0 Å². The Morgan fingerprint density at radius 2 is 1.88 bits per heavy atom. The number of carbonyl (C=O) groups excluding carboxylic acids is 2. The Hall–Kier alpha value is -4.85. The summed E-state index contributed by atoms with van der Waals surface area (Å²) in [5.74, 6) is -0.825. The van der Waals surface area contributed by atoms with Crippen molar-refractivity contribution < 1.29 is 18.7 Å². The average molecular weight is 563 g/mol. The van der Waals surface area contributed by atoms with Crippen LogP contribution in [-0.2, 0) is 11.4 Å². The quantitative estimate of drug-likeness (QED) is 0.283. The number of rotatable bonds is 5. The molecule has 0 saturated carbocycles. The van der Waals surface area contributed by atoms with Crippen LogP contribution in [-0.4, -0.2) is 21.7 Å². The first kappa shape index (κ1) is 27.3. The highest BCUT2D eigenvalue weighted by Gasteiger charge is 2.44. The van der Waals surface area contributed by atoms with Gasteiger partial charge in [0.2, 0.25) is 0 Å². The molecule has 0 bridgehead atoms. The minimum absolute atomic E-state index is 0.140. The number of aryl methyl sites for hydroxylation is 1. The number of pyridine rings is 2. The number of nitrogens with one attached hydrogen (secondary N) is 1. The number of anilines is 2. The monoisotopic (exact) mass is 562 g/mol. The molecule has 212 valence electrons. The lowest BCUT2D eigenvalue weighted by Crippen LogP contribution is -2.40.